The van der Waals surface area contributed by atoms with Crippen LogP contribution in [0.1, 0.15) is 27.2 Å². The number of carbonyl (C=O) groups excluding carboxylic acids is 2. The molecule has 2 amide bonds. The van der Waals surface area contributed by atoms with E-state index >= 15 is 0 Å². The maximum atomic E-state index is 12.7. The quantitative estimate of drug-likeness (QED) is 0.678. The minimum atomic E-state index is -0.686. The molecule has 2 N–H and O–H groups in total. The Bertz CT molecular complexity index is 889. The lowest BCUT2D eigenvalue weighted by molar-refractivity contribution is -0.123. The maximum absolute atomic E-state index is 12.7. The van der Waals surface area contributed by atoms with E-state index in [0.717, 1.165) is 11.1 Å². The summed E-state index contributed by atoms with van der Waals surface area (Å²) in [4.78, 5) is 25.4. The summed E-state index contributed by atoms with van der Waals surface area (Å²) in [5.74, 6) is 0.145. The first-order valence-electron chi connectivity index (χ1n) is 8.84. The minimum absolute atomic E-state index is 0.253. The SMILES string of the molecule is Cc1ccccc1C(=O)NC(Cc1ccccc1)C(=O)NCc1ccco1. The first-order chi connectivity index (χ1) is 13.1. The zero-order valence-electron chi connectivity index (χ0n) is 15.1. The van der Waals surface area contributed by atoms with E-state index in [1.165, 1.54) is 0 Å². The van der Waals surface area contributed by atoms with Gasteiger partial charge in [0.1, 0.15) is 11.8 Å². The molecule has 0 spiro atoms. The topological polar surface area (TPSA) is 71.3 Å². The highest BCUT2D eigenvalue weighted by molar-refractivity contribution is 5.98. The van der Waals surface area contributed by atoms with Crippen molar-refractivity contribution in [1.82, 2.24) is 10.6 Å². The van der Waals surface area contributed by atoms with Gasteiger partial charge in [-0.15, -0.1) is 0 Å². The molecule has 1 atom stereocenters. The lowest BCUT2D eigenvalue weighted by Crippen LogP contribution is -2.48. The van der Waals surface area contributed by atoms with E-state index in [0.29, 0.717) is 17.7 Å². The van der Waals surface area contributed by atoms with Gasteiger partial charge in [-0.1, -0.05) is 48.5 Å². The van der Waals surface area contributed by atoms with E-state index in [-0.39, 0.29) is 18.4 Å². The van der Waals surface area contributed by atoms with Crippen molar-refractivity contribution in [2.75, 3.05) is 0 Å². The van der Waals surface area contributed by atoms with Crippen molar-refractivity contribution in [3.63, 3.8) is 0 Å². The second kappa shape index (κ2) is 8.85. The summed E-state index contributed by atoms with van der Waals surface area (Å²) in [7, 11) is 0. The van der Waals surface area contributed by atoms with Crippen molar-refractivity contribution in [3.05, 3.63) is 95.4 Å². The Balaban J connectivity index is 1.73. The molecule has 3 rings (SSSR count). The van der Waals surface area contributed by atoms with E-state index in [4.69, 9.17) is 4.42 Å². The van der Waals surface area contributed by atoms with Gasteiger partial charge < -0.3 is 15.1 Å². The van der Waals surface area contributed by atoms with Crippen molar-refractivity contribution in [2.24, 2.45) is 0 Å². The molecule has 5 heteroatoms. The molecule has 2 aromatic carbocycles. The van der Waals surface area contributed by atoms with Gasteiger partial charge in [0.2, 0.25) is 5.91 Å². The normalized spacial score (nSPS) is 11.6. The molecule has 0 fully saturated rings. The molecule has 1 aromatic heterocycles. The van der Waals surface area contributed by atoms with Crippen molar-refractivity contribution in [2.45, 2.75) is 25.9 Å². The Hall–Kier alpha value is -3.34. The van der Waals surface area contributed by atoms with Crippen LogP contribution in [0.4, 0.5) is 0 Å². The number of rotatable bonds is 7. The third-order valence-corrected chi connectivity index (χ3v) is 4.31. The van der Waals surface area contributed by atoms with Crippen LogP contribution in [0, 0.1) is 6.92 Å². The molecular formula is C22H22N2O3. The third-order valence-electron chi connectivity index (χ3n) is 4.31. The Kier molecular flexibility index (Phi) is 6.05. The summed E-state index contributed by atoms with van der Waals surface area (Å²) in [5.41, 5.74) is 2.40. The standard InChI is InChI=1S/C22H22N2O3/c1-16-8-5-6-12-19(16)21(25)24-20(14-17-9-3-2-4-10-17)22(26)23-15-18-11-7-13-27-18/h2-13,20H,14-15H2,1H3,(H,23,26)(H,24,25). The van der Waals surface area contributed by atoms with E-state index in [2.05, 4.69) is 10.6 Å². The minimum Gasteiger partial charge on any atom is -0.467 e. The first-order valence-corrected chi connectivity index (χ1v) is 8.84. The van der Waals surface area contributed by atoms with Crippen LogP contribution in [0.25, 0.3) is 0 Å². The molecule has 0 aliphatic heterocycles. The summed E-state index contributed by atoms with van der Waals surface area (Å²) < 4.78 is 5.25. The summed E-state index contributed by atoms with van der Waals surface area (Å²) in [6.45, 7) is 2.15. The smallest absolute Gasteiger partial charge is 0.252 e. The average molecular weight is 362 g/mol. The fourth-order valence-corrected chi connectivity index (χ4v) is 2.83. The number of nitrogens with one attached hydrogen (secondary N) is 2. The summed E-state index contributed by atoms with van der Waals surface area (Å²) >= 11 is 0. The van der Waals surface area contributed by atoms with Crippen molar-refractivity contribution in [3.8, 4) is 0 Å². The zero-order valence-corrected chi connectivity index (χ0v) is 15.1. The van der Waals surface area contributed by atoms with Gasteiger partial charge in [-0.2, -0.15) is 0 Å². The Morgan fingerprint density at radius 1 is 0.963 bits per heavy atom. The number of aryl methyl sites for hydroxylation is 1. The molecule has 0 bridgehead atoms. The first kappa shape index (κ1) is 18.5. The molecule has 138 valence electrons. The predicted molar refractivity (Wildman–Crippen MR) is 103 cm³/mol. The molecule has 1 unspecified atom stereocenters. The van der Waals surface area contributed by atoms with Crippen LogP contribution in [0.3, 0.4) is 0 Å². The maximum Gasteiger partial charge on any atom is 0.252 e. The van der Waals surface area contributed by atoms with Crippen molar-refractivity contribution < 1.29 is 14.0 Å². The van der Waals surface area contributed by atoms with Crippen LogP contribution >= 0.6 is 0 Å². The Morgan fingerprint density at radius 3 is 2.41 bits per heavy atom. The molecule has 0 saturated heterocycles. The van der Waals surface area contributed by atoms with Crippen LogP contribution in [0.2, 0.25) is 0 Å². The lowest BCUT2D eigenvalue weighted by atomic mass is 10.0. The number of hydrogen-bond donors (Lipinski definition) is 2. The summed E-state index contributed by atoms with van der Waals surface area (Å²) in [6, 6.07) is 19.8. The second-order valence-corrected chi connectivity index (χ2v) is 6.33. The summed E-state index contributed by atoms with van der Waals surface area (Å²) in [6.07, 6.45) is 1.96. The van der Waals surface area contributed by atoms with Gasteiger partial charge in [-0.25, -0.2) is 0 Å². The van der Waals surface area contributed by atoms with Gasteiger partial charge in [-0.05, 0) is 36.2 Å². The van der Waals surface area contributed by atoms with Crippen molar-refractivity contribution >= 4 is 11.8 Å². The van der Waals surface area contributed by atoms with E-state index in [1.54, 1.807) is 24.5 Å². The Morgan fingerprint density at radius 2 is 1.70 bits per heavy atom. The number of hydrogen-bond acceptors (Lipinski definition) is 3. The largest absolute Gasteiger partial charge is 0.467 e. The Labute approximate surface area is 158 Å². The van der Waals surface area contributed by atoms with Gasteiger partial charge in [0.05, 0.1) is 12.8 Å². The number of furan rings is 1. The van der Waals surface area contributed by atoms with Gasteiger partial charge in [0.25, 0.3) is 5.91 Å². The fraction of sp³-hybridized carbons (Fsp3) is 0.182. The van der Waals surface area contributed by atoms with Crippen LogP contribution in [0.15, 0.2) is 77.4 Å². The molecule has 27 heavy (non-hydrogen) atoms. The van der Waals surface area contributed by atoms with Crippen LogP contribution in [-0.2, 0) is 17.8 Å². The van der Waals surface area contributed by atoms with E-state index in [1.807, 2.05) is 55.5 Å². The van der Waals surface area contributed by atoms with Crippen LogP contribution in [0.5, 0.6) is 0 Å². The van der Waals surface area contributed by atoms with Gasteiger partial charge in [0.15, 0.2) is 0 Å². The highest BCUT2D eigenvalue weighted by Crippen LogP contribution is 2.09. The lowest BCUT2D eigenvalue weighted by Gasteiger charge is -2.19. The van der Waals surface area contributed by atoms with Crippen LogP contribution < -0.4 is 10.6 Å². The molecular weight excluding hydrogens is 340 g/mol. The monoisotopic (exact) mass is 362 g/mol. The molecule has 3 aromatic rings. The van der Waals surface area contributed by atoms with Gasteiger partial charge in [-0.3, -0.25) is 9.59 Å². The number of benzene rings is 2. The fourth-order valence-electron chi connectivity index (χ4n) is 2.83. The molecule has 0 aliphatic carbocycles. The van der Waals surface area contributed by atoms with E-state index in [9.17, 15) is 9.59 Å². The highest BCUT2D eigenvalue weighted by atomic mass is 16.3. The molecule has 0 radical (unpaired) electrons. The van der Waals surface area contributed by atoms with Crippen LogP contribution in [-0.4, -0.2) is 17.9 Å². The average Bonchev–Trinajstić information content (AvgIpc) is 3.20. The molecule has 0 aliphatic rings. The second-order valence-electron chi connectivity index (χ2n) is 6.33. The number of carbonyl (C=O) groups is 2. The highest BCUT2D eigenvalue weighted by Gasteiger charge is 2.22. The number of amides is 2. The predicted octanol–water partition coefficient (Wildman–Crippen LogP) is 3.25. The zero-order chi connectivity index (χ0) is 19.1. The summed E-state index contributed by atoms with van der Waals surface area (Å²) in [5, 5.41) is 5.70. The van der Waals surface area contributed by atoms with Gasteiger partial charge in [0, 0.05) is 12.0 Å². The molecule has 1 heterocycles. The molecule has 0 saturated carbocycles. The van der Waals surface area contributed by atoms with Crippen molar-refractivity contribution in [1.29, 1.82) is 0 Å². The van der Waals surface area contributed by atoms with Gasteiger partial charge >= 0.3 is 0 Å². The van der Waals surface area contributed by atoms with E-state index < -0.39 is 6.04 Å². The molecule has 5 nitrogen and oxygen atoms in total. The third kappa shape index (κ3) is 5.07.